The van der Waals surface area contributed by atoms with E-state index in [1.54, 1.807) is 6.20 Å². The summed E-state index contributed by atoms with van der Waals surface area (Å²) < 4.78 is 0. The van der Waals surface area contributed by atoms with Gasteiger partial charge in [0.2, 0.25) is 5.91 Å². The van der Waals surface area contributed by atoms with Crippen LogP contribution in [0, 0.1) is 6.92 Å². The van der Waals surface area contributed by atoms with Crippen LogP contribution in [0.1, 0.15) is 18.2 Å². The van der Waals surface area contributed by atoms with Crippen LogP contribution in [-0.2, 0) is 9.59 Å². The number of ketones is 1. The standard InChI is InChI=1S/C8H10N2O2S/c1-5(11)3-7(12)10-8-9-4-6(2)13-8/h4H,3H2,1-2H3,(H,9,10,12). The Balaban J connectivity index is 2.50. The minimum absolute atomic E-state index is 0.0847. The van der Waals surface area contributed by atoms with Crippen molar-refractivity contribution >= 4 is 28.2 Å². The molecule has 1 N–H and O–H groups in total. The molecule has 0 aliphatic carbocycles. The molecule has 0 aromatic carbocycles. The third kappa shape index (κ3) is 3.33. The van der Waals surface area contributed by atoms with Gasteiger partial charge in [-0.05, 0) is 13.8 Å². The topological polar surface area (TPSA) is 59.1 Å². The summed E-state index contributed by atoms with van der Waals surface area (Å²) in [6, 6.07) is 0. The molecule has 0 aliphatic heterocycles. The molecule has 5 heteroatoms. The van der Waals surface area contributed by atoms with Gasteiger partial charge in [0.15, 0.2) is 5.13 Å². The normalized spacial score (nSPS) is 9.69. The molecule has 0 atom stereocenters. The number of amides is 1. The quantitative estimate of drug-likeness (QED) is 0.746. The maximum absolute atomic E-state index is 11.1. The van der Waals surface area contributed by atoms with Crippen molar-refractivity contribution in [2.45, 2.75) is 20.3 Å². The summed E-state index contributed by atoms with van der Waals surface area (Å²) in [6.45, 7) is 3.28. The third-order valence-corrected chi connectivity index (χ3v) is 2.11. The van der Waals surface area contributed by atoms with Gasteiger partial charge >= 0.3 is 0 Å². The van der Waals surface area contributed by atoms with E-state index in [0.717, 1.165) is 4.88 Å². The van der Waals surface area contributed by atoms with Crippen molar-refractivity contribution in [2.24, 2.45) is 0 Å². The average Bonchev–Trinajstić information content (AvgIpc) is 2.33. The van der Waals surface area contributed by atoms with E-state index in [1.807, 2.05) is 6.92 Å². The minimum Gasteiger partial charge on any atom is -0.302 e. The van der Waals surface area contributed by atoms with Crippen LogP contribution in [0.25, 0.3) is 0 Å². The van der Waals surface area contributed by atoms with Crippen LogP contribution in [0.5, 0.6) is 0 Å². The van der Waals surface area contributed by atoms with E-state index in [9.17, 15) is 9.59 Å². The number of aryl methyl sites for hydroxylation is 1. The van der Waals surface area contributed by atoms with Gasteiger partial charge in [-0.2, -0.15) is 0 Å². The molecule has 1 aromatic rings. The van der Waals surface area contributed by atoms with Gasteiger partial charge in [-0.1, -0.05) is 0 Å². The number of rotatable bonds is 3. The Bertz CT molecular complexity index is 333. The van der Waals surface area contributed by atoms with E-state index in [1.165, 1.54) is 18.3 Å². The fourth-order valence-corrected chi connectivity index (χ4v) is 1.48. The van der Waals surface area contributed by atoms with E-state index in [2.05, 4.69) is 10.3 Å². The molecule has 1 aromatic heterocycles. The average molecular weight is 198 g/mol. The zero-order valence-corrected chi connectivity index (χ0v) is 8.27. The first-order valence-electron chi connectivity index (χ1n) is 3.79. The summed E-state index contributed by atoms with van der Waals surface area (Å²) in [7, 11) is 0. The molecule has 1 rings (SSSR count). The van der Waals surface area contributed by atoms with E-state index in [-0.39, 0.29) is 18.1 Å². The van der Waals surface area contributed by atoms with Gasteiger partial charge in [-0.3, -0.25) is 9.59 Å². The Morgan fingerprint density at radius 3 is 2.77 bits per heavy atom. The second-order valence-corrected chi connectivity index (χ2v) is 3.94. The molecule has 0 bridgehead atoms. The highest BCUT2D eigenvalue weighted by atomic mass is 32.1. The maximum atomic E-state index is 11.1. The third-order valence-electron chi connectivity index (χ3n) is 1.28. The lowest BCUT2D eigenvalue weighted by Gasteiger charge is -1.97. The largest absolute Gasteiger partial charge is 0.302 e. The van der Waals surface area contributed by atoms with Gasteiger partial charge in [-0.25, -0.2) is 4.98 Å². The van der Waals surface area contributed by atoms with Gasteiger partial charge in [0, 0.05) is 11.1 Å². The molecule has 70 valence electrons. The van der Waals surface area contributed by atoms with Crippen LogP contribution in [0.2, 0.25) is 0 Å². The van der Waals surface area contributed by atoms with Crippen LogP contribution >= 0.6 is 11.3 Å². The van der Waals surface area contributed by atoms with Crippen LogP contribution < -0.4 is 5.32 Å². The summed E-state index contributed by atoms with van der Waals surface area (Å²) in [5.41, 5.74) is 0. The molecule has 0 spiro atoms. The predicted molar refractivity (Wildman–Crippen MR) is 50.8 cm³/mol. The number of Topliss-reactive ketones (excluding diaryl/α,β-unsaturated/α-hetero) is 1. The SMILES string of the molecule is CC(=O)CC(=O)Nc1ncc(C)s1. The Labute approximate surface area is 80.0 Å². The minimum atomic E-state index is -0.304. The zero-order valence-electron chi connectivity index (χ0n) is 7.46. The highest BCUT2D eigenvalue weighted by Gasteiger charge is 2.06. The predicted octanol–water partition coefficient (Wildman–Crippen LogP) is 1.37. The lowest BCUT2D eigenvalue weighted by Crippen LogP contribution is -2.14. The second-order valence-electron chi connectivity index (χ2n) is 2.70. The first kappa shape index (κ1) is 9.85. The second kappa shape index (κ2) is 4.13. The molecular weight excluding hydrogens is 188 g/mol. The molecule has 0 unspecified atom stereocenters. The molecule has 13 heavy (non-hydrogen) atoms. The number of aromatic nitrogens is 1. The van der Waals surface area contributed by atoms with E-state index >= 15 is 0 Å². The highest BCUT2D eigenvalue weighted by molar-refractivity contribution is 7.15. The number of carbonyl (C=O) groups excluding carboxylic acids is 2. The lowest BCUT2D eigenvalue weighted by atomic mass is 10.3. The van der Waals surface area contributed by atoms with Crippen LogP contribution in [0.4, 0.5) is 5.13 Å². The van der Waals surface area contributed by atoms with Crippen molar-refractivity contribution in [2.75, 3.05) is 5.32 Å². The summed E-state index contributed by atoms with van der Waals surface area (Å²) >= 11 is 1.39. The van der Waals surface area contributed by atoms with Crippen molar-refractivity contribution < 1.29 is 9.59 Å². The van der Waals surface area contributed by atoms with E-state index in [4.69, 9.17) is 0 Å². The van der Waals surface area contributed by atoms with Gasteiger partial charge in [0.05, 0.1) is 6.42 Å². The number of thiazole rings is 1. The van der Waals surface area contributed by atoms with Crippen molar-refractivity contribution in [1.29, 1.82) is 0 Å². The van der Waals surface area contributed by atoms with Gasteiger partial charge < -0.3 is 5.32 Å². The molecule has 0 fully saturated rings. The molecule has 1 amide bonds. The number of anilines is 1. The van der Waals surface area contributed by atoms with Gasteiger partial charge in [0.1, 0.15) is 5.78 Å². The van der Waals surface area contributed by atoms with Crippen molar-refractivity contribution in [3.8, 4) is 0 Å². The summed E-state index contributed by atoms with van der Waals surface area (Å²) in [6.07, 6.45) is 1.59. The van der Waals surface area contributed by atoms with Crippen LogP contribution in [0.15, 0.2) is 6.20 Å². The molecule has 0 saturated heterocycles. The molecule has 0 radical (unpaired) electrons. The number of hydrogen-bond acceptors (Lipinski definition) is 4. The van der Waals surface area contributed by atoms with E-state index < -0.39 is 0 Å². The molecule has 0 saturated carbocycles. The van der Waals surface area contributed by atoms with Crippen molar-refractivity contribution in [3.05, 3.63) is 11.1 Å². The number of carbonyl (C=O) groups is 2. The smallest absolute Gasteiger partial charge is 0.233 e. The number of hydrogen-bond donors (Lipinski definition) is 1. The first-order valence-corrected chi connectivity index (χ1v) is 4.61. The number of nitrogens with one attached hydrogen (secondary N) is 1. The first-order chi connectivity index (χ1) is 6.08. The monoisotopic (exact) mass is 198 g/mol. The maximum Gasteiger partial charge on any atom is 0.233 e. The summed E-state index contributed by atoms with van der Waals surface area (Å²) in [4.78, 5) is 26.6. The molecular formula is C8H10N2O2S. The lowest BCUT2D eigenvalue weighted by molar-refractivity contribution is -0.124. The van der Waals surface area contributed by atoms with Gasteiger partial charge in [-0.15, -0.1) is 11.3 Å². The zero-order chi connectivity index (χ0) is 9.84. The van der Waals surface area contributed by atoms with Crippen molar-refractivity contribution in [3.63, 3.8) is 0 Å². The molecule has 1 heterocycles. The Kier molecular flexibility index (Phi) is 3.13. The molecule has 4 nitrogen and oxygen atoms in total. The van der Waals surface area contributed by atoms with Crippen LogP contribution in [0.3, 0.4) is 0 Å². The summed E-state index contributed by atoms with van der Waals surface area (Å²) in [5, 5.41) is 3.09. The molecule has 0 aliphatic rings. The Morgan fingerprint density at radius 2 is 2.31 bits per heavy atom. The fourth-order valence-electron chi connectivity index (χ4n) is 0.802. The Morgan fingerprint density at radius 1 is 1.62 bits per heavy atom. The van der Waals surface area contributed by atoms with E-state index in [0.29, 0.717) is 5.13 Å². The van der Waals surface area contributed by atoms with Gasteiger partial charge in [0.25, 0.3) is 0 Å². The number of nitrogens with zero attached hydrogens (tertiary/aromatic N) is 1. The highest BCUT2D eigenvalue weighted by Crippen LogP contribution is 2.16. The summed E-state index contributed by atoms with van der Waals surface area (Å²) in [5.74, 6) is -0.451. The Hall–Kier alpha value is -1.23. The fraction of sp³-hybridized carbons (Fsp3) is 0.375. The van der Waals surface area contributed by atoms with Crippen LogP contribution in [-0.4, -0.2) is 16.7 Å². The van der Waals surface area contributed by atoms with Crippen molar-refractivity contribution in [1.82, 2.24) is 4.98 Å².